The highest BCUT2D eigenvalue weighted by Gasteiger charge is 2.30. The van der Waals surface area contributed by atoms with Gasteiger partial charge in [0.05, 0.1) is 11.4 Å². The number of halogens is 1. The standard InChI is InChI=1S/C22H26FN3O4S/c1-16(2)17-5-9-20(10-6-17)31(29,30)26-13-11-25(12-14-26)21(27)15-24-22(28)18-3-7-19(23)8-4-18/h3-10,16H,11-15H2,1-2H3,(H,24,28). The van der Waals surface area contributed by atoms with E-state index in [2.05, 4.69) is 5.32 Å². The van der Waals surface area contributed by atoms with E-state index in [1.807, 2.05) is 26.0 Å². The normalized spacial score (nSPS) is 15.2. The van der Waals surface area contributed by atoms with E-state index in [1.165, 1.54) is 33.5 Å². The Morgan fingerprint density at radius 2 is 1.55 bits per heavy atom. The first-order valence-corrected chi connectivity index (χ1v) is 11.5. The van der Waals surface area contributed by atoms with Gasteiger partial charge in [-0.05, 0) is 47.9 Å². The van der Waals surface area contributed by atoms with Gasteiger partial charge in [0.15, 0.2) is 0 Å². The van der Waals surface area contributed by atoms with Crippen LogP contribution in [-0.4, -0.2) is 62.2 Å². The molecule has 2 aromatic rings. The van der Waals surface area contributed by atoms with Crippen LogP contribution in [0, 0.1) is 5.82 Å². The lowest BCUT2D eigenvalue weighted by molar-refractivity contribution is -0.131. The molecule has 0 saturated carbocycles. The van der Waals surface area contributed by atoms with Gasteiger partial charge in [-0.1, -0.05) is 26.0 Å². The van der Waals surface area contributed by atoms with Crippen LogP contribution in [0.1, 0.15) is 35.7 Å². The summed E-state index contributed by atoms with van der Waals surface area (Å²) >= 11 is 0. The third kappa shape index (κ3) is 5.48. The number of nitrogens with one attached hydrogen (secondary N) is 1. The Morgan fingerprint density at radius 1 is 0.968 bits per heavy atom. The fourth-order valence-electron chi connectivity index (χ4n) is 3.32. The molecule has 166 valence electrons. The maximum atomic E-state index is 12.9. The van der Waals surface area contributed by atoms with Gasteiger partial charge < -0.3 is 10.2 Å². The van der Waals surface area contributed by atoms with Crippen LogP contribution >= 0.6 is 0 Å². The summed E-state index contributed by atoms with van der Waals surface area (Å²) in [6, 6.07) is 11.9. The molecular formula is C22H26FN3O4S. The lowest BCUT2D eigenvalue weighted by Crippen LogP contribution is -2.52. The Hall–Kier alpha value is -2.78. The number of hydrogen-bond donors (Lipinski definition) is 1. The maximum Gasteiger partial charge on any atom is 0.251 e. The highest BCUT2D eigenvalue weighted by Crippen LogP contribution is 2.21. The van der Waals surface area contributed by atoms with Crippen LogP contribution in [0.4, 0.5) is 4.39 Å². The number of hydrogen-bond acceptors (Lipinski definition) is 4. The smallest absolute Gasteiger partial charge is 0.251 e. The van der Waals surface area contributed by atoms with Gasteiger partial charge in [-0.3, -0.25) is 9.59 Å². The number of amides is 2. The second-order valence-corrected chi connectivity index (χ2v) is 9.64. The molecule has 1 saturated heterocycles. The van der Waals surface area contributed by atoms with Crippen molar-refractivity contribution >= 4 is 21.8 Å². The number of rotatable bonds is 6. The molecule has 0 bridgehead atoms. The fraction of sp³-hybridized carbons (Fsp3) is 0.364. The molecule has 1 heterocycles. The van der Waals surface area contributed by atoms with E-state index < -0.39 is 21.7 Å². The molecule has 3 rings (SSSR count). The van der Waals surface area contributed by atoms with Crippen LogP contribution in [0.15, 0.2) is 53.4 Å². The molecule has 2 amide bonds. The molecule has 1 aliphatic heterocycles. The van der Waals surface area contributed by atoms with Crippen molar-refractivity contribution in [3.8, 4) is 0 Å². The SMILES string of the molecule is CC(C)c1ccc(S(=O)(=O)N2CCN(C(=O)CNC(=O)c3ccc(F)cc3)CC2)cc1. The molecule has 9 heteroatoms. The quantitative estimate of drug-likeness (QED) is 0.736. The Kier molecular flexibility index (Phi) is 7.07. The van der Waals surface area contributed by atoms with Crippen molar-refractivity contribution in [3.05, 3.63) is 65.5 Å². The molecule has 0 spiro atoms. The summed E-state index contributed by atoms with van der Waals surface area (Å²) in [4.78, 5) is 26.2. The van der Waals surface area contributed by atoms with E-state index in [-0.39, 0.29) is 49.1 Å². The molecule has 0 atom stereocenters. The Bertz CT molecular complexity index is 1030. The summed E-state index contributed by atoms with van der Waals surface area (Å²) in [6.07, 6.45) is 0. The summed E-state index contributed by atoms with van der Waals surface area (Å²) < 4.78 is 40.1. The van der Waals surface area contributed by atoms with Gasteiger partial charge >= 0.3 is 0 Å². The van der Waals surface area contributed by atoms with Crippen molar-refractivity contribution in [2.45, 2.75) is 24.7 Å². The van der Waals surface area contributed by atoms with E-state index in [9.17, 15) is 22.4 Å². The number of piperazine rings is 1. The molecule has 0 radical (unpaired) electrons. The van der Waals surface area contributed by atoms with Crippen LogP contribution in [0.3, 0.4) is 0 Å². The van der Waals surface area contributed by atoms with Crippen LogP contribution < -0.4 is 5.32 Å². The second-order valence-electron chi connectivity index (χ2n) is 7.70. The van der Waals surface area contributed by atoms with Crippen molar-refractivity contribution in [2.75, 3.05) is 32.7 Å². The second kappa shape index (κ2) is 9.57. The first-order valence-electron chi connectivity index (χ1n) is 10.1. The zero-order valence-electron chi connectivity index (χ0n) is 17.5. The van der Waals surface area contributed by atoms with Gasteiger partial charge in [-0.2, -0.15) is 4.31 Å². The summed E-state index contributed by atoms with van der Waals surface area (Å²) in [7, 11) is -3.62. The van der Waals surface area contributed by atoms with Gasteiger partial charge in [0, 0.05) is 31.7 Å². The largest absolute Gasteiger partial charge is 0.343 e. The van der Waals surface area contributed by atoms with Gasteiger partial charge in [-0.25, -0.2) is 12.8 Å². The van der Waals surface area contributed by atoms with Crippen molar-refractivity contribution in [1.29, 1.82) is 0 Å². The fourth-order valence-corrected chi connectivity index (χ4v) is 4.74. The summed E-state index contributed by atoms with van der Waals surface area (Å²) in [6.45, 7) is 4.74. The monoisotopic (exact) mass is 447 g/mol. The van der Waals surface area contributed by atoms with Crippen LogP contribution in [0.2, 0.25) is 0 Å². The zero-order chi connectivity index (χ0) is 22.6. The van der Waals surface area contributed by atoms with E-state index in [1.54, 1.807) is 12.1 Å². The Labute approximate surface area is 181 Å². The molecule has 2 aromatic carbocycles. The zero-order valence-corrected chi connectivity index (χ0v) is 18.4. The van der Waals surface area contributed by atoms with Crippen LogP contribution in [-0.2, 0) is 14.8 Å². The van der Waals surface area contributed by atoms with E-state index in [4.69, 9.17) is 0 Å². The summed E-state index contributed by atoms with van der Waals surface area (Å²) in [5, 5.41) is 2.51. The van der Waals surface area contributed by atoms with Crippen molar-refractivity contribution in [1.82, 2.24) is 14.5 Å². The first-order chi connectivity index (χ1) is 14.7. The molecule has 31 heavy (non-hydrogen) atoms. The van der Waals surface area contributed by atoms with Crippen LogP contribution in [0.25, 0.3) is 0 Å². The maximum absolute atomic E-state index is 12.9. The molecule has 1 aliphatic rings. The minimum atomic E-state index is -3.62. The Balaban J connectivity index is 1.52. The van der Waals surface area contributed by atoms with Gasteiger partial charge in [0.25, 0.3) is 5.91 Å². The average Bonchev–Trinajstić information content (AvgIpc) is 2.77. The molecule has 7 nitrogen and oxygen atoms in total. The predicted molar refractivity (Wildman–Crippen MR) is 115 cm³/mol. The van der Waals surface area contributed by atoms with Gasteiger partial charge in [-0.15, -0.1) is 0 Å². The highest BCUT2D eigenvalue weighted by molar-refractivity contribution is 7.89. The summed E-state index contributed by atoms with van der Waals surface area (Å²) in [5.41, 5.74) is 1.32. The molecule has 0 aliphatic carbocycles. The number of sulfonamides is 1. The lowest BCUT2D eigenvalue weighted by Gasteiger charge is -2.34. The Morgan fingerprint density at radius 3 is 2.10 bits per heavy atom. The van der Waals surface area contributed by atoms with Crippen molar-refractivity contribution in [3.63, 3.8) is 0 Å². The molecular weight excluding hydrogens is 421 g/mol. The summed E-state index contributed by atoms with van der Waals surface area (Å²) in [5.74, 6) is -0.903. The molecule has 0 aromatic heterocycles. The number of benzene rings is 2. The molecule has 1 fully saturated rings. The number of nitrogens with zero attached hydrogens (tertiary/aromatic N) is 2. The van der Waals surface area contributed by atoms with Crippen molar-refractivity contribution < 1.29 is 22.4 Å². The minimum absolute atomic E-state index is 0.186. The highest BCUT2D eigenvalue weighted by atomic mass is 32.2. The predicted octanol–water partition coefficient (Wildman–Crippen LogP) is 2.21. The van der Waals surface area contributed by atoms with Gasteiger partial charge in [0.1, 0.15) is 5.82 Å². The lowest BCUT2D eigenvalue weighted by atomic mass is 10.0. The van der Waals surface area contributed by atoms with E-state index >= 15 is 0 Å². The topological polar surface area (TPSA) is 86.8 Å². The van der Waals surface area contributed by atoms with E-state index in [0.717, 1.165) is 5.56 Å². The molecule has 0 unspecified atom stereocenters. The average molecular weight is 448 g/mol. The third-order valence-electron chi connectivity index (χ3n) is 5.28. The minimum Gasteiger partial charge on any atom is -0.343 e. The molecule has 1 N–H and O–H groups in total. The van der Waals surface area contributed by atoms with Crippen LogP contribution in [0.5, 0.6) is 0 Å². The van der Waals surface area contributed by atoms with Crippen molar-refractivity contribution in [2.24, 2.45) is 0 Å². The third-order valence-corrected chi connectivity index (χ3v) is 7.20. The first kappa shape index (κ1) is 22.9. The van der Waals surface area contributed by atoms with E-state index in [0.29, 0.717) is 5.92 Å². The van der Waals surface area contributed by atoms with Gasteiger partial charge in [0.2, 0.25) is 15.9 Å². The number of carbonyl (C=O) groups excluding carboxylic acids is 2. The number of carbonyl (C=O) groups is 2.